The quantitative estimate of drug-likeness (QED) is 0.795. The van der Waals surface area contributed by atoms with Gasteiger partial charge in [-0.3, -0.25) is 4.79 Å². The molecule has 1 atom stereocenters. The standard InChI is InChI=1S/C15H10BrNOS/c16-11-7-3-1-5-9(11)13-14(18)10-6-2-4-8-12(10)17-15(13)19/h1-8,13H,(H,17,19). The molecule has 0 radical (unpaired) electrons. The third kappa shape index (κ3) is 2.11. The summed E-state index contributed by atoms with van der Waals surface area (Å²) in [4.78, 5) is 13.2. The Hall–Kier alpha value is -1.52. The van der Waals surface area contributed by atoms with Crippen LogP contribution in [0.4, 0.5) is 5.69 Å². The molecule has 1 aliphatic heterocycles. The second kappa shape index (κ2) is 4.87. The number of benzene rings is 2. The van der Waals surface area contributed by atoms with Gasteiger partial charge >= 0.3 is 0 Å². The number of hydrogen-bond donors (Lipinski definition) is 1. The number of hydrogen-bond acceptors (Lipinski definition) is 2. The van der Waals surface area contributed by atoms with Crippen LogP contribution >= 0.6 is 28.1 Å². The summed E-state index contributed by atoms with van der Waals surface area (Å²) in [6, 6.07) is 15.1. The second-order valence-corrected chi connectivity index (χ2v) is 5.65. The number of ketones is 1. The van der Waals surface area contributed by atoms with E-state index >= 15 is 0 Å². The average molecular weight is 332 g/mol. The van der Waals surface area contributed by atoms with Gasteiger partial charge in [0, 0.05) is 15.7 Å². The van der Waals surface area contributed by atoms with Crippen LogP contribution in [-0.4, -0.2) is 10.8 Å². The van der Waals surface area contributed by atoms with E-state index in [1.54, 1.807) is 0 Å². The average Bonchev–Trinajstić information content (AvgIpc) is 2.41. The highest BCUT2D eigenvalue weighted by Crippen LogP contribution is 2.35. The first-order chi connectivity index (χ1) is 9.18. The summed E-state index contributed by atoms with van der Waals surface area (Å²) in [5.74, 6) is -0.369. The molecule has 0 aliphatic carbocycles. The van der Waals surface area contributed by atoms with Crippen molar-refractivity contribution >= 4 is 44.6 Å². The summed E-state index contributed by atoms with van der Waals surface area (Å²) < 4.78 is 0.900. The summed E-state index contributed by atoms with van der Waals surface area (Å²) >= 11 is 8.86. The Morgan fingerprint density at radius 1 is 1.05 bits per heavy atom. The fraction of sp³-hybridized carbons (Fsp3) is 0.0667. The Bertz CT molecular complexity index is 683. The maximum Gasteiger partial charge on any atom is 0.179 e. The van der Waals surface area contributed by atoms with Crippen LogP contribution in [0, 0.1) is 0 Å². The summed E-state index contributed by atoms with van der Waals surface area (Å²) in [6.45, 7) is 0. The summed E-state index contributed by atoms with van der Waals surface area (Å²) in [5.41, 5.74) is 2.39. The van der Waals surface area contributed by atoms with Gasteiger partial charge in [-0.25, -0.2) is 0 Å². The van der Waals surface area contributed by atoms with Crippen LogP contribution in [0.25, 0.3) is 0 Å². The van der Waals surface area contributed by atoms with Crippen LogP contribution in [0.1, 0.15) is 21.8 Å². The van der Waals surface area contributed by atoms with E-state index in [9.17, 15) is 4.79 Å². The van der Waals surface area contributed by atoms with Crippen LogP contribution in [0.5, 0.6) is 0 Å². The number of thiocarbonyl (C=S) groups is 1. The van der Waals surface area contributed by atoms with Crippen LogP contribution in [0.3, 0.4) is 0 Å². The zero-order valence-electron chi connectivity index (χ0n) is 9.89. The van der Waals surface area contributed by atoms with E-state index in [1.165, 1.54) is 0 Å². The second-order valence-electron chi connectivity index (χ2n) is 4.35. The molecule has 94 valence electrons. The van der Waals surface area contributed by atoms with E-state index in [1.807, 2.05) is 48.5 Å². The number of para-hydroxylation sites is 1. The molecule has 0 bridgehead atoms. The van der Waals surface area contributed by atoms with E-state index < -0.39 is 5.92 Å². The van der Waals surface area contributed by atoms with Crippen molar-refractivity contribution in [3.63, 3.8) is 0 Å². The van der Waals surface area contributed by atoms with Gasteiger partial charge in [0.05, 0.1) is 10.9 Å². The minimum Gasteiger partial charge on any atom is -0.349 e. The molecule has 19 heavy (non-hydrogen) atoms. The van der Waals surface area contributed by atoms with Crippen molar-refractivity contribution in [1.82, 2.24) is 0 Å². The monoisotopic (exact) mass is 331 g/mol. The predicted molar refractivity (Wildman–Crippen MR) is 83.9 cm³/mol. The van der Waals surface area contributed by atoms with Crippen molar-refractivity contribution in [1.29, 1.82) is 0 Å². The van der Waals surface area contributed by atoms with Gasteiger partial charge in [0.1, 0.15) is 0 Å². The first-order valence-electron chi connectivity index (χ1n) is 5.87. The van der Waals surface area contributed by atoms with Gasteiger partial charge < -0.3 is 5.32 Å². The number of carbonyl (C=O) groups excluding carboxylic acids is 1. The number of halogens is 1. The van der Waals surface area contributed by atoms with E-state index in [2.05, 4.69) is 21.2 Å². The smallest absolute Gasteiger partial charge is 0.179 e. The third-order valence-corrected chi connectivity index (χ3v) is 4.25. The van der Waals surface area contributed by atoms with E-state index in [0.717, 1.165) is 15.7 Å². The molecular formula is C15H10BrNOS. The van der Waals surface area contributed by atoms with Crippen molar-refractivity contribution in [2.45, 2.75) is 5.92 Å². The van der Waals surface area contributed by atoms with Gasteiger partial charge in [-0.15, -0.1) is 0 Å². The lowest BCUT2D eigenvalue weighted by molar-refractivity contribution is 0.0982. The first-order valence-corrected chi connectivity index (χ1v) is 7.07. The molecule has 3 rings (SSSR count). The van der Waals surface area contributed by atoms with Gasteiger partial charge in [-0.1, -0.05) is 58.5 Å². The Labute approximate surface area is 125 Å². The summed E-state index contributed by atoms with van der Waals surface area (Å²) in [5, 5.41) is 3.16. The molecule has 0 aromatic heterocycles. The lowest BCUT2D eigenvalue weighted by atomic mass is 9.87. The molecule has 4 heteroatoms. The Kier molecular flexibility index (Phi) is 3.21. The van der Waals surface area contributed by atoms with Crippen molar-refractivity contribution in [2.24, 2.45) is 0 Å². The van der Waals surface area contributed by atoms with Crippen molar-refractivity contribution in [3.8, 4) is 0 Å². The number of anilines is 1. The molecule has 1 unspecified atom stereocenters. The molecule has 0 saturated heterocycles. The number of rotatable bonds is 1. The van der Waals surface area contributed by atoms with Crippen LogP contribution < -0.4 is 5.32 Å². The Balaban J connectivity index is 2.12. The molecule has 1 heterocycles. The molecule has 0 fully saturated rings. The number of Topliss-reactive ketones (excluding diaryl/α,β-unsaturated/α-hetero) is 1. The van der Waals surface area contributed by atoms with E-state index in [4.69, 9.17) is 12.2 Å². The first kappa shape index (κ1) is 12.5. The van der Waals surface area contributed by atoms with Crippen molar-refractivity contribution in [3.05, 3.63) is 64.1 Å². The SMILES string of the molecule is O=C1c2ccccc2NC(=S)C1c1ccccc1Br. The fourth-order valence-electron chi connectivity index (χ4n) is 2.28. The highest BCUT2D eigenvalue weighted by atomic mass is 79.9. The van der Waals surface area contributed by atoms with Crippen LogP contribution in [-0.2, 0) is 0 Å². The predicted octanol–water partition coefficient (Wildman–Crippen LogP) is 4.17. The number of carbonyl (C=O) groups is 1. The molecule has 2 aromatic rings. The lowest BCUT2D eigenvalue weighted by Gasteiger charge is -2.26. The lowest BCUT2D eigenvalue weighted by Crippen LogP contribution is -2.32. The third-order valence-electron chi connectivity index (χ3n) is 3.19. The Morgan fingerprint density at radius 2 is 1.74 bits per heavy atom. The minimum absolute atomic E-state index is 0.0475. The highest BCUT2D eigenvalue weighted by molar-refractivity contribution is 9.10. The minimum atomic E-state index is -0.416. The van der Waals surface area contributed by atoms with Gasteiger partial charge in [-0.2, -0.15) is 0 Å². The topological polar surface area (TPSA) is 29.1 Å². The van der Waals surface area contributed by atoms with Gasteiger partial charge in [0.25, 0.3) is 0 Å². The zero-order chi connectivity index (χ0) is 13.4. The van der Waals surface area contributed by atoms with Gasteiger partial charge in [-0.05, 0) is 23.8 Å². The number of nitrogens with one attached hydrogen (secondary N) is 1. The molecule has 2 aromatic carbocycles. The highest BCUT2D eigenvalue weighted by Gasteiger charge is 2.33. The summed E-state index contributed by atoms with van der Waals surface area (Å²) in [6.07, 6.45) is 0. The fourth-order valence-corrected chi connectivity index (χ4v) is 3.14. The van der Waals surface area contributed by atoms with Crippen molar-refractivity contribution in [2.75, 3.05) is 5.32 Å². The molecule has 2 nitrogen and oxygen atoms in total. The normalized spacial score (nSPS) is 17.8. The van der Waals surface area contributed by atoms with Gasteiger partial charge in [0.2, 0.25) is 0 Å². The molecule has 0 spiro atoms. The van der Waals surface area contributed by atoms with E-state index in [0.29, 0.717) is 10.6 Å². The zero-order valence-corrected chi connectivity index (χ0v) is 12.3. The number of fused-ring (bicyclic) bond motifs is 1. The van der Waals surface area contributed by atoms with E-state index in [-0.39, 0.29) is 5.78 Å². The molecule has 1 N–H and O–H groups in total. The maximum atomic E-state index is 12.6. The summed E-state index contributed by atoms with van der Waals surface area (Å²) in [7, 11) is 0. The molecule has 0 saturated carbocycles. The molecular weight excluding hydrogens is 322 g/mol. The molecule has 0 amide bonds. The maximum absolute atomic E-state index is 12.6. The van der Waals surface area contributed by atoms with Gasteiger partial charge in [0.15, 0.2) is 5.78 Å². The van der Waals surface area contributed by atoms with Crippen LogP contribution in [0.2, 0.25) is 0 Å². The van der Waals surface area contributed by atoms with Crippen LogP contribution in [0.15, 0.2) is 53.0 Å². The Morgan fingerprint density at radius 3 is 2.53 bits per heavy atom. The largest absolute Gasteiger partial charge is 0.349 e. The van der Waals surface area contributed by atoms with Crippen molar-refractivity contribution < 1.29 is 4.79 Å². The molecule has 1 aliphatic rings.